The van der Waals surface area contributed by atoms with Gasteiger partial charge in [0, 0.05) is 28.9 Å². The number of aromatic amines is 1. The van der Waals surface area contributed by atoms with Gasteiger partial charge in [0.2, 0.25) is 0 Å². The number of nitrogens with one attached hydrogen (secondary N) is 3. The van der Waals surface area contributed by atoms with Crippen molar-refractivity contribution in [3.05, 3.63) is 76.9 Å². The number of amides is 1. The highest BCUT2D eigenvalue weighted by molar-refractivity contribution is 6.05. The van der Waals surface area contributed by atoms with E-state index in [0.29, 0.717) is 34.6 Å². The zero-order valence-corrected chi connectivity index (χ0v) is 17.8. The van der Waals surface area contributed by atoms with Gasteiger partial charge in [-0.25, -0.2) is 14.8 Å². The zero-order chi connectivity index (χ0) is 22.8. The Morgan fingerprint density at radius 2 is 1.91 bits per heavy atom. The van der Waals surface area contributed by atoms with Crippen LogP contribution in [0.15, 0.2) is 48.8 Å². The summed E-state index contributed by atoms with van der Waals surface area (Å²) in [6.07, 6.45) is 5.33. The van der Waals surface area contributed by atoms with Crippen LogP contribution in [0.3, 0.4) is 0 Å². The van der Waals surface area contributed by atoms with Gasteiger partial charge < -0.3 is 15.7 Å². The molecule has 1 aliphatic carbocycles. The number of carboxylic acid groups (broad SMARTS) is 1. The Hall–Kier alpha value is -4.27. The molecule has 4 N–H and O–H groups in total. The molecule has 4 aromatic rings. The van der Waals surface area contributed by atoms with Crippen LogP contribution in [0.5, 0.6) is 0 Å². The molecule has 0 atom stereocenters. The molecule has 9 heteroatoms. The maximum absolute atomic E-state index is 12.8. The van der Waals surface area contributed by atoms with Crippen LogP contribution in [0.4, 0.5) is 11.5 Å². The summed E-state index contributed by atoms with van der Waals surface area (Å²) in [5.41, 5.74) is 4.66. The van der Waals surface area contributed by atoms with Crippen molar-refractivity contribution in [1.29, 1.82) is 0 Å². The topological polar surface area (TPSA) is 133 Å². The second kappa shape index (κ2) is 8.70. The lowest BCUT2D eigenvalue weighted by Gasteiger charge is -2.12. The molecule has 1 amide bonds. The summed E-state index contributed by atoms with van der Waals surface area (Å²) in [6.45, 7) is 0.435. The third-order valence-corrected chi connectivity index (χ3v) is 5.81. The van der Waals surface area contributed by atoms with E-state index in [1.807, 2.05) is 24.3 Å². The van der Waals surface area contributed by atoms with E-state index in [1.54, 1.807) is 12.1 Å². The number of H-pyrrole nitrogens is 1. The minimum absolute atomic E-state index is 0.128. The monoisotopic (exact) mass is 442 g/mol. The highest BCUT2D eigenvalue weighted by atomic mass is 16.4. The van der Waals surface area contributed by atoms with Crippen molar-refractivity contribution < 1.29 is 14.7 Å². The summed E-state index contributed by atoms with van der Waals surface area (Å²) in [5, 5.41) is 23.4. The van der Waals surface area contributed by atoms with Crippen molar-refractivity contribution in [2.45, 2.75) is 32.2 Å². The normalized spacial score (nSPS) is 12.8. The Balaban J connectivity index is 1.32. The van der Waals surface area contributed by atoms with Crippen molar-refractivity contribution in [3.63, 3.8) is 0 Å². The van der Waals surface area contributed by atoms with Gasteiger partial charge in [-0.1, -0.05) is 18.2 Å². The summed E-state index contributed by atoms with van der Waals surface area (Å²) in [6, 6.07) is 12.5. The van der Waals surface area contributed by atoms with E-state index in [9.17, 15) is 14.7 Å². The first-order chi connectivity index (χ1) is 16.1. The van der Waals surface area contributed by atoms with E-state index in [4.69, 9.17) is 0 Å². The molecule has 0 radical (unpaired) electrons. The van der Waals surface area contributed by atoms with Gasteiger partial charge in [0.05, 0.1) is 11.1 Å². The molecule has 1 aliphatic rings. The lowest BCUT2D eigenvalue weighted by atomic mass is 9.96. The third-order valence-electron chi connectivity index (χ3n) is 5.81. The van der Waals surface area contributed by atoms with Gasteiger partial charge in [-0.05, 0) is 55.5 Å². The fraction of sp³-hybridized carbons (Fsp3) is 0.208. The third kappa shape index (κ3) is 4.12. The molecule has 0 aliphatic heterocycles. The minimum atomic E-state index is -1.04. The molecule has 2 aromatic carbocycles. The summed E-state index contributed by atoms with van der Waals surface area (Å²) >= 11 is 0. The average Bonchev–Trinajstić information content (AvgIpc) is 3.27. The second-order valence-corrected chi connectivity index (χ2v) is 7.97. The molecule has 2 aromatic heterocycles. The minimum Gasteiger partial charge on any atom is -0.478 e. The molecule has 166 valence electrons. The SMILES string of the molecule is O=C(Nc1cccc(CNc2ncnc3c(C(=O)O)cccc23)c1)c1n[nH]c2c1CCCC2. The molecule has 0 unspecified atom stereocenters. The quantitative estimate of drug-likeness (QED) is 0.357. The number of fused-ring (bicyclic) bond motifs is 2. The van der Waals surface area contributed by atoms with Gasteiger partial charge in [0.1, 0.15) is 12.1 Å². The van der Waals surface area contributed by atoms with Crippen LogP contribution in [-0.4, -0.2) is 37.1 Å². The molecule has 2 heterocycles. The smallest absolute Gasteiger partial charge is 0.337 e. The number of anilines is 2. The standard InChI is InChI=1S/C24H22N6O3/c31-23(21-16-7-1-2-10-19(16)29-30-21)28-15-6-3-5-14(11-15)12-25-22-17-8-4-9-18(24(32)33)20(17)26-13-27-22/h3-6,8-9,11,13H,1-2,7,10,12H2,(H,28,31)(H,29,30)(H,32,33)(H,25,26,27). The van der Waals surface area contributed by atoms with Gasteiger partial charge in [-0.2, -0.15) is 5.10 Å². The highest BCUT2D eigenvalue weighted by Gasteiger charge is 2.21. The van der Waals surface area contributed by atoms with Crippen LogP contribution >= 0.6 is 0 Å². The van der Waals surface area contributed by atoms with Gasteiger partial charge >= 0.3 is 5.97 Å². The molecule has 5 rings (SSSR count). The number of carbonyl (C=O) groups is 2. The molecular formula is C24H22N6O3. The Labute approximate surface area is 189 Å². The molecule has 33 heavy (non-hydrogen) atoms. The zero-order valence-electron chi connectivity index (χ0n) is 17.8. The Bertz CT molecular complexity index is 1360. The number of carbonyl (C=O) groups excluding carboxylic acids is 1. The van der Waals surface area contributed by atoms with Crippen LogP contribution in [0.25, 0.3) is 10.9 Å². The fourth-order valence-corrected chi connectivity index (χ4v) is 4.20. The number of hydrogen-bond donors (Lipinski definition) is 4. The number of aromatic carboxylic acids is 1. The number of rotatable bonds is 6. The van der Waals surface area contributed by atoms with Crippen molar-refractivity contribution in [2.75, 3.05) is 10.6 Å². The number of carboxylic acids is 1. The predicted molar refractivity (Wildman–Crippen MR) is 123 cm³/mol. The van der Waals surface area contributed by atoms with Crippen LogP contribution < -0.4 is 10.6 Å². The second-order valence-electron chi connectivity index (χ2n) is 7.97. The molecule has 9 nitrogen and oxygen atoms in total. The molecule has 0 fully saturated rings. The number of aromatic nitrogens is 4. The average molecular weight is 442 g/mol. The van der Waals surface area contributed by atoms with E-state index in [2.05, 4.69) is 30.8 Å². The Kier molecular flexibility index (Phi) is 5.43. The van der Waals surface area contributed by atoms with Gasteiger partial charge in [-0.15, -0.1) is 0 Å². The first-order valence-corrected chi connectivity index (χ1v) is 10.8. The predicted octanol–water partition coefficient (Wildman–Crippen LogP) is 3.79. The van der Waals surface area contributed by atoms with Gasteiger partial charge in [0.15, 0.2) is 5.69 Å². The number of nitrogens with zero attached hydrogens (tertiary/aromatic N) is 3. The lowest BCUT2D eigenvalue weighted by Crippen LogP contribution is -2.16. The molecule has 0 saturated heterocycles. The lowest BCUT2D eigenvalue weighted by molar-refractivity contribution is 0.0698. The molecule has 0 spiro atoms. The number of benzene rings is 2. The fourth-order valence-electron chi connectivity index (χ4n) is 4.20. The number of hydrogen-bond acceptors (Lipinski definition) is 6. The molecule has 0 bridgehead atoms. The van der Waals surface area contributed by atoms with Gasteiger partial charge in [0.25, 0.3) is 5.91 Å². The Morgan fingerprint density at radius 3 is 2.79 bits per heavy atom. The summed E-state index contributed by atoms with van der Waals surface area (Å²) in [5.74, 6) is -0.713. The van der Waals surface area contributed by atoms with E-state index >= 15 is 0 Å². The van der Waals surface area contributed by atoms with Crippen LogP contribution in [-0.2, 0) is 19.4 Å². The first kappa shape index (κ1) is 20.6. The summed E-state index contributed by atoms with van der Waals surface area (Å²) < 4.78 is 0. The van der Waals surface area contributed by atoms with E-state index < -0.39 is 5.97 Å². The first-order valence-electron chi connectivity index (χ1n) is 10.8. The van der Waals surface area contributed by atoms with Crippen LogP contribution in [0.1, 0.15) is 50.5 Å². The Morgan fingerprint density at radius 1 is 1.06 bits per heavy atom. The molecule has 0 saturated carbocycles. The summed E-state index contributed by atoms with van der Waals surface area (Å²) in [4.78, 5) is 32.7. The van der Waals surface area contributed by atoms with Crippen molar-refractivity contribution in [1.82, 2.24) is 20.2 Å². The highest BCUT2D eigenvalue weighted by Crippen LogP contribution is 2.24. The van der Waals surface area contributed by atoms with Crippen molar-refractivity contribution in [2.24, 2.45) is 0 Å². The van der Waals surface area contributed by atoms with E-state index in [1.165, 1.54) is 12.4 Å². The van der Waals surface area contributed by atoms with Gasteiger partial charge in [-0.3, -0.25) is 9.89 Å². The molecular weight excluding hydrogens is 420 g/mol. The van der Waals surface area contributed by atoms with Crippen LogP contribution in [0.2, 0.25) is 0 Å². The largest absolute Gasteiger partial charge is 0.478 e. The summed E-state index contributed by atoms with van der Waals surface area (Å²) in [7, 11) is 0. The van der Waals surface area contributed by atoms with E-state index in [0.717, 1.165) is 42.5 Å². The van der Waals surface area contributed by atoms with Crippen molar-refractivity contribution >= 4 is 34.3 Å². The maximum Gasteiger partial charge on any atom is 0.337 e. The van der Waals surface area contributed by atoms with E-state index in [-0.39, 0.29) is 11.5 Å². The maximum atomic E-state index is 12.8. The number of para-hydroxylation sites is 1. The van der Waals surface area contributed by atoms with Crippen molar-refractivity contribution in [3.8, 4) is 0 Å². The van der Waals surface area contributed by atoms with Crippen LogP contribution in [0, 0.1) is 0 Å². The number of aryl methyl sites for hydroxylation is 1.